The van der Waals surface area contributed by atoms with Crippen molar-refractivity contribution in [2.24, 2.45) is 0 Å². The molecule has 8 rings (SSSR count). The van der Waals surface area contributed by atoms with E-state index in [0.29, 0.717) is 0 Å². The molecule has 2 heterocycles. The Morgan fingerprint density at radius 3 is 1.50 bits per heavy atom. The molecule has 1 aromatic heterocycles. The lowest BCUT2D eigenvalue weighted by molar-refractivity contribution is 0.00578. The van der Waals surface area contributed by atoms with E-state index >= 15 is 0 Å². The van der Waals surface area contributed by atoms with Crippen molar-refractivity contribution in [3.8, 4) is 11.1 Å². The van der Waals surface area contributed by atoms with Gasteiger partial charge in [0.1, 0.15) is 11.2 Å². The van der Waals surface area contributed by atoms with Crippen molar-refractivity contribution in [2.75, 3.05) is 0 Å². The Kier molecular flexibility index (Phi) is 4.87. The summed E-state index contributed by atoms with van der Waals surface area (Å²) in [6.07, 6.45) is 0. The fourth-order valence-corrected chi connectivity index (χ4v) is 6.19. The summed E-state index contributed by atoms with van der Waals surface area (Å²) < 4.78 is 19.0. The van der Waals surface area contributed by atoms with Gasteiger partial charge in [0, 0.05) is 10.8 Å². The van der Waals surface area contributed by atoms with Crippen LogP contribution in [0.2, 0.25) is 0 Å². The molecule has 0 saturated carbocycles. The Morgan fingerprint density at radius 2 is 0.900 bits per heavy atom. The average Bonchev–Trinajstić information content (AvgIpc) is 3.44. The van der Waals surface area contributed by atoms with Crippen molar-refractivity contribution in [3.63, 3.8) is 0 Å². The van der Waals surface area contributed by atoms with Crippen molar-refractivity contribution in [1.29, 1.82) is 0 Å². The lowest BCUT2D eigenvalue weighted by Crippen LogP contribution is -2.41. The Bertz CT molecular complexity index is 2080. The van der Waals surface area contributed by atoms with Crippen LogP contribution in [0.4, 0.5) is 0 Å². The molecule has 6 aromatic carbocycles. The zero-order valence-electron chi connectivity index (χ0n) is 23.1. The minimum Gasteiger partial charge on any atom is -0.456 e. The molecule has 194 valence electrons. The smallest absolute Gasteiger partial charge is 0.456 e. The van der Waals surface area contributed by atoms with E-state index in [1.807, 2.05) is 0 Å². The monoisotopic (exact) mass is 520 g/mol. The number of hydrogen-bond acceptors (Lipinski definition) is 3. The van der Waals surface area contributed by atoms with Gasteiger partial charge in [0.15, 0.2) is 0 Å². The van der Waals surface area contributed by atoms with Crippen LogP contribution in [-0.2, 0) is 9.31 Å². The highest BCUT2D eigenvalue weighted by Gasteiger charge is 2.51. The van der Waals surface area contributed by atoms with Gasteiger partial charge < -0.3 is 13.7 Å². The second-order valence-electron chi connectivity index (χ2n) is 12.0. The van der Waals surface area contributed by atoms with Gasteiger partial charge in [-0.1, -0.05) is 78.9 Å². The van der Waals surface area contributed by atoms with Crippen molar-refractivity contribution < 1.29 is 13.7 Å². The number of rotatable bonds is 2. The maximum absolute atomic E-state index is 6.42. The quantitative estimate of drug-likeness (QED) is 0.168. The highest BCUT2D eigenvalue weighted by atomic mass is 16.7. The summed E-state index contributed by atoms with van der Waals surface area (Å²) in [6.45, 7) is 8.30. The molecule has 4 heteroatoms. The van der Waals surface area contributed by atoms with E-state index in [1.165, 1.54) is 37.9 Å². The van der Waals surface area contributed by atoms with Gasteiger partial charge >= 0.3 is 7.12 Å². The van der Waals surface area contributed by atoms with E-state index in [9.17, 15) is 0 Å². The SMILES string of the molecule is CC1(C)OB(c2ccc3c(c2)oc2cc(-c4ccc5c6ccccc6c6ccccc6c5c4)ccc23)OC1(C)C. The van der Waals surface area contributed by atoms with Gasteiger partial charge in [-0.3, -0.25) is 0 Å². The molecule has 1 aliphatic heterocycles. The molecule has 1 aliphatic rings. The van der Waals surface area contributed by atoms with Crippen LogP contribution in [0, 0.1) is 0 Å². The number of furan rings is 1. The number of benzene rings is 6. The van der Waals surface area contributed by atoms with Gasteiger partial charge in [0.05, 0.1) is 11.2 Å². The Labute approximate surface area is 233 Å². The molecule has 0 unspecified atom stereocenters. The maximum Gasteiger partial charge on any atom is 0.494 e. The Hall–Kier alpha value is -4.12. The standard InChI is InChI=1S/C36H29BO3/c1-35(2)36(3,4)40-37(39-35)24-15-18-31-30-17-14-23(20-33(30)38-34(31)21-24)22-13-16-29-27-11-6-5-9-25(27)26-10-7-8-12-28(26)32(29)19-22/h5-21H,1-4H3. The van der Waals surface area contributed by atoms with Gasteiger partial charge in [-0.15, -0.1) is 0 Å². The van der Waals surface area contributed by atoms with Crippen LogP contribution in [0.25, 0.3) is 65.4 Å². The fourth-order valence-electron chi connectivity index (χ4n) is 6.19. The summed E-state index contributed by atoms with van der Waals surface area (Å²) in [4.78, 5) is 0. The molecule has 7 aromatic rings. The minimum atomic E-state index is -0.415. The lowest BCUT2D eigenvalue weighted by atomic mass is 9.79. The summed E-state index contributed by atoms with van der Waals surface area (Å²) in [5.41, 5.74) is 4.24. The topological polar surface area (TPSA) is 31.6 Å². The number of fused-ring (bicyclic) bond motifs is 9. The molecule has 1 fully saturated rings. The van der Waals surface area contributed by atoms with E-state index in [1.54, 1.807) is 0 Å². The van der Waals surface area contributed by atoms with Crippen LogP contribution < -0.4 is 5.46 Å². The third-order valence-electron chi connectivity index (χ3n) is 9.10. The van der Waals surface area contributed by atoms with Crippen LogP contribution in [-0.4, -0.2) is 18.3 Å². The molecule has 0 aliphatic carbocycles. The van der Waals surface area contributed by atoms with Gasteiger partial charge in [-0.2, -0.15) is 0 Å². The molecule has 1 saturated heterocycles. The van der Waals surface area contributed by atoms with Crippen molar-refractivity contribution in [3.05, 3.63) is 103 Å². The van der Waals surface area contributed by atoms with Gasteiger partial charge in [0.2, 0.25) is 0 Å². The molecule has 3 nitrogen and oxygen atoms in total. The second-order valence-corrected chi connectivity index (χ2v) is 12.0. The predicted octanol–water partition coefficient (Wildman–Crippen LogP) is 9.01. The fraction of sp³-hybridized carbons (Fsp3) is 0.167. The van der Waals surface area contributed by atoms with E-state index in [0.717, 1.165) is 33.0 Å². The molecule has 0 atom stereocenters. The lowest BCUT2D eigenvalue weighted by Gasteiger charge is -2.32. The average molecular weight is 520 g/mol. The van der Waals surface area contributed by atoms with Crippen LogP contribution in [0.5, 0.6) is 0 Å². The highest BCUT2D eigenvalue weighted by Crippen LogP contribution is 2.39. The maximum atomic E-state index is 6.42. The molecule has 0 spiro atoms. The normalized spacial score (nSPS) is 16.6. The Balaban J connectivity index is 1.24. The second kappa shape index (κ2) is 8.20. The summed E-state index contributed by atoms with van der Waals surface area (Å²) in [5.74, 6) is 0. The first kappa shape index (κ1) is 23.7. The largest absolute Gasteiger partial charge is 0.494 e. The predicted molar refractivity (Wildman–Crippen MR) is 167 cm³/mol. The molecular weight excluding hydrogens is 491 g/mol. The molecule has 0 radical (unpaired) electrons. The molecule has 40 heavy (non-hydrogen) atoms. The minimum absolute atomic E-state index is 0.382. The van der Waals surface area contributed by atoms with E-state index < -0.39 is 7.12 Å². The van der Waals surface area contributed by atoms with Gasteiger partial charge in [0.25, 0.3) is 0 Å². The van der Waals surface area contributed by atoms with E-state index in [2.05, 4.69) is 131 Å². The summed E-state index contributed by atoms with van der Waals surface area (Å²) >= 11 is 0. The molecule has 0 bridgehead atoms. The van der Waals surface area contributed by atoms with Gasteiger partial charge in [-0.05, 0) is 101 Å². The number of hydrogen-bond donors (Lipinski definition) is 0. The first-order valence-corrected chi connectivity index (χ1v) is 13.9. The zero-order chi connectivity index (χ0) is 27.2. The van der Waals surface area contributed by atoms with Crippen molar-refractivity contribution >= 4 is 66.8 Å². The van der Waals surface area contributed by atoms with Crippen LogP contribution >= 0.6 is 0 Å². The summed E-state index contributed by atoms with van der Waals surface area (Å²) in [5, 5.41) is 9.89. The molecular formula is C36H29BO3. The van der Waals surface area contributed by atoms with Crippen molar-refractivity contribution in [1.82, 2.24) is 0 Å². The first-order chi connectivity index (χ1) is 19.3. The highest BCUT2D eigenvalue weighted by molar-refractivity contribution is 6.62. The first-order valence-electron chi connectivity index (χ1n) is 13.9. The molecule has 0 amide bonds. The van der Waals surface area contributed by atoms with Crippen LogP contribution in [0.1, 0.15) is 27.7 Å². The van der Waals surface area contributed by atoms with Crippen LogP contribution in [0.15, 0.2) is 108 Å². The third-order valence-corrected chi connectivity index (χ3v) is 9.10. The van der Waals surface area contributed by atoms with E-state index in [4.69, 9.17) is 13.7 Å². The summed E-state index contributed by atoms with van der Waals surface area (Å²) in [6, 6.07) is 37.0. The van der Waals surface area contributed by atoms with Gasteiger partial charge in [-0.25, -0.2) is 0 Å². The Morgan fingerprint density at radius 1 is 0.450 bits per heavy atom. The third kappa shape index (κ3) is 3.40. The summed E-state index contributed by atoms with van der Waals surface area (Å²) in [7, 11) is -0.415. The van der Waals surface area contributed by atoms with Crippen LogP contribution in [0.3, 0.4) is 0 Å². The zero-order valence-corrected chi connectivity index (χ0v) is 23.1. The van der Waals surface area contributed by atoms with E-state index in [-0.39, 0.29) is 11.2 Å². The molecule has 0 N–H and O–H groups in total. The van der Waals surface area contributed by atoms with Crippen molar-refractivity contribution in [2.45, 2.75) is 38.9 Å².